The maximum atomic E-state index is 13.2. The lowest BCUT2D eigenvalue weighted by Gasteiger charge is -2.35. The number of hydrogen-bond acceptors (Lipinski definition) is 8. The first kappa shape index (κ1) is 52.9. The molecule has 3 N–H and O–H groups in total. The van der Waals surface area contributed by atoms with Crippen molar-refractivity contribution in [3.63, 3.8) is 0 Å². The number of anilines is 1. The van der Waals surface area contributed by atoms with Crippen LogP contribution in [0.1, 0.15) is 104 Å². The molecular weight excluding hydrogens is 871 g/mol. The van der Waals surface area contributed by atoms with E-state index < -0.39 is 52.0 Å². The Morgan fingerprint density at radius 2 is 1.33 bits per heavy atom. The van der Waals surface area contributed by atoms with E-state index in [0.29, 0.717) is 34.4 Å². The Kier molecular flexibility index (Phi) is 18.4. The van der Waals surface area contributed by atoms with E-state index in [4.69, 9.17) is 14.7 Å². The number of hydrogen-bond donors (Lipinski definition) is 3. The number of nitrogens with one attached hydrogen (secondary N) is 3. The van der Waals surface area contributed by atoms with Gasteiger partial charge in [-0.1, -0.05) is 41.5 Å². The van der Waals surface area contributed by atoms with Gasteiger partial charge in [-0.15, -0.1) is 0 Å². The Balaban J connectivity index is 0.000000271. The molecule has 0 radical (unpaired) electrons. The lowest BCUT2D eigenvalue weighted by Crippen LogP contribution is -2.56. The summed E-state index contributed by atoms with van der Waals surface area (Å²) in [5, 5.41) is 14.1. The predicted octanol–water partition coefficient (Wildman–Crippen LogP) is 10.3. The van der Waals surface area contributed by atoms with Crippen LogP contribution in [0.2, 0.25) is 0 Å². The highest BCUT2D eigenvalue weighted by Crippen LogP contribution is 2.33. The van der Waals surface area contributed by atoms with E-state index in [9.17, 15) is 45.5 Å². The largest absolute Gasteiger partial charge is 0.496 e. The molecule has 0 spiro atoms. The first-order chi connectivity index (χ1) is 30.8. The van der Waals surface area contributed by atoms with Crippen LogP contribution in [0.15, 0.2) is 103 Å². The normalized spacial score (nSPS) is 11.1. The molecule has 0 fully saturated rings. The van der Waals surface area contributed by atoms with Crippen molar-refractivity contribution >= 4 is 29.3 Å². The summed E-state index contributed by atoms with van der Waals surface area (Å²) in [4.78, 5) is 52.9. The van der Waals surface area contributed by atoms with Gasteiger partial charge < -0.3 is 20.1 Å². The van der Waals surface area contributed by atoms with Crippen molar-refractivity contribution in [1.82, 2.24) is 20.7 Å². The molecule has 350 valence electrons. The smallest absolute Gasteiger partial charge is 0.417 e. The fraction of sp³-hybridized carbons (Fsp3) is 0.292. The van der Waals surface area contributed by atoms with Gasteiger partial charge in [0, 0.05) is 40.8 Å². The summed E-state index contributed by atoms with van der Waals surface area (Å²) in [6.45, 7) is 14.7. The standard InChI is InChI=1S/C22H28N2O3.C17H16F3NO2.C9H6F3N3O/c1-14-11-15(2)13-17(12-14)21(26)24(22(4,5)6)23-20(25)18-9-8-10-19(27-7)16(18)3;1-11(2)23-13-7-5-6-12(10-13)21-16(22)14-8-3-4-9-15(14)17(18,19)20;10-9(11,12)7-1-3-14-5-6(7)8(16)15-4-2-13/h8-13H,1-7H3,(H,23,25);3-11H,1-2H3,(H,21,22);1,3,5H,4H2,(H,15,16). The SMILES string of the molecule is CC(C)Oc1cccc(NC(=O)c2ccccc2C(F)(F)F)c1.COc1cccc(C(=O)NN(C(=O)c2cc(C)cc(C)c2)C(C)(C)C)c1C.N#CCNC(=O)c1cnccc1C(F)(F)F. The van der Waals surface area contributed by atoms with Gasteiger partial charge in [0.05, 0.1) is 47.1 Å². The fourth-order valence-electron chi connectivity index (χ4n) is 6.08. The third-order valence-corrected chi connectivity index (χ3v) is 8.94. The van der Waals surface area contributed by atoms with E-state index in [1.54, 1.807) is 55.6 Å². The van der Waals surface area contributed by atoms with Crippen molar-refractivity contribution in [2.24, 2.45) is 0 Å². The zero-order chi connectivity index (χ0) is 49.6. The molecule has 0 unspecified atom stereocenters. The molecule has 66 heavy (non-hydrogen) atoms. The van der Waals surface area contributed by atoms with Gasteiger partial charge in [0.2, 0.25) is 0 Å². The van der Waals surface area contributed by atoms with Gasteiger partial charge in [0.1, 0.15) is 18.0 Å². The minimum absolute atomic E-state index is 0.0492. The minimum Gasteiger partial charge on any atom is -0.496 e. The number of aromatic nitrogens is 1. The molecule has 0 saturated carbocycles. The number of aryl methyl sites for hydroxylation is 2. The Morgan fingerprint density at radius 3 is 1.91 bits per heavy atom. The quantitative estimate of drug-likeness (QED) is 0.0748. The number of methoxy groups -OCH3 is 1. The average Bonchev–Trinajstić information content (AvgIpc) is 3.23. The van der Waals surface area contributed by atoms with Gasteiger partial charge in [-0.25, -0.2) is 5.01 Å². The molecule has 0 aliphatic carbocycles. The Morgan fingerprint density at radius 1 is 0.742 bits per heavy atom. The molecule has 4 aromatic carbocycles. The Hall–Kier alpha value is -7.42. The van der Waals surface area contributed by atoms with Crippen LogP contribution in [0.3, 0.4) is 0 Å². The zero-order valence-electron chi connectivity index (χ0n) is 37.7. The molecule has 1 aromatic heterocycles. The first-order valence-corrected chi connectivity index (χ1v) is 20.1. The highest BCUT2D eigenvalue weighted by atomic mass is 19.4. The van der Waals surface area contributed by atoms with Crippen LogP contribution in [0.5, 0.6) is 11.5 Å². The number of alkyl halides is 6. The molecule has 5 rings (SSSR count). The van der Waals surface area contributed by atoms with Gasteiger partial charge >= 0.3 is 12.4 Å². The zero-order valence-corrected chi connectivity index (χ0v) is 37.7. The third-order valence-electron chi connectivity index (χ3n) is 8.94. The maximum Gasteiger partial charge on any atom is 0.417 e. The van der Waals surface area contributed by atoms with Crippen LogP contribution >= 0.6 is 0 Å². The van der Waals surface area contributed by atoms with Crippen molar-refractivity contribution in [2.45, 2.75) is 79.4 Å². The van der Waals surface area contributed by atoms with Crippen LogP contribution in [0.25, 0.3) is 0 Å². The second-order valence-electron chi connectivity index (χ2n) is 15.7. The van der Waals surface area contributed by atoms with Crippen LogP contribution < -0.4 is 25.5 Å². The topological polar surface area (TPSA) is 163 Å². The molecule has 0 aliphatic rings. The van der Waals surface area contributed by atoms with Gasteiger partial charge in [0.15, 0.2) is 0 Å². The number of carbonyl (C=O) groups is 4. The third kappa shape index (κ3) is 15.4. The van der Waals surface area contributed by atoms with Crippen molar-refractivity contribution in [3.8, 4) is 17.6 Å². The van der Waals surface area contributed by atoms with Gasteiger partial charge in [-0.2, -0.15) is 31.6 Å². The average molecular weight is 921 g/mol. The molecule has 0 atom stereocenters. The summed E-state index contributed by atoms with van der Waals surface area (Å²) < 4.78 is 87.0. The fourth-order valence-corrected chi connectivity index (χ4v) is 6.08. The highest BCUT2D eigenvalue weighted by molar-refractivity contribution is 6.05. The van der Waals surface area contributed by atoms with E-state index in [-0.39, 0.29) is 24.5 Å². The number of halogens is 6. The summed E-state index contributed by atoms with van der Waals surface area (Å²) >= 11 is 0. The molecule has 12 nitrogen and oxygen atoms in total. The van der Waals surface area contributed by atoms with Crippen molar-refractivity contribution < 1.29 is 55.0 Å². The van der Waals surface area contributed by atoms with Crippen molar-refractivity contribution in [1.29, 1.82) is 5.26 Å². The molecule has 5 aromatic rings. The molecule has 0 bridgehead atoms. The van der Waals surface area contributed by atoms with E-state index in [1.807, 2.05) is 78.9 Å². The number of carbonyl (C=O) groups excluding carboxylic acids is 4. The monoisotopic (exact) mass is 920 g/mol. The lowest BCUT2D eigenvalue weighted by atomic mass is 10.0. The number of hydrazine groups is 1. The summed E-state index contributed by atoms with van der Waals surface area (Å²) in [6.07, 6.45) is -7.50. The number of ether oxygens (including phenoxy) is 2. The van der Waals surface area contributed by atoms with Crippen molar-refractivity contribution in [3.05, 3.63) is 153 Å². The van der Waals surface area contributed by atoms with E-state index >= 15 is 0 Å². The number of benzene rings is 4. The van der Waals surface area contributed by atoms with Gasteiger partial charge in [0.25, 0.3) is 23.6 Å². The Labute approximate surface area is 378 Å². The number of nitriles is 1. The number of rotatable bonds is 9. The molecule has 4 amide bonds. The second kappa shape index (κ2) is 23.0. The van der Waals surface area contributed by atoms with Gasteiger partial charge in [-0.3, -0.25) is 29.6 Å². The van der Waals surface area contributed by atoms with Crippen LogP contribution in [0.4, 0.5) is 32.0 Å². The van der Waals surface area contributed by atoms with Gasteiger partial charge in [-0.05, 0) is 110 Å². The first-order valence-electron chi connectivity index (χ1n) is 20.1. The summed E-state index contributed by atoms with van der Waals surface area (Å²) in [5.74, 6) is -1.23. The lowest BCUT2D eigenvalue weighted by molar-refractivity contribution is -0.138. The molecule has 18 heteroatoms. The highest BCUT2D eigenvalue weighted by Gasteiger charge is 2.36. The second-order valence-corrected chi connectivity index (χ2v) is 15.7. The molecular formula is C48H50F6N6O6. The van der Waals surface area contributed by atoms with Crippen LogP contribution in [-0.4, -0.2) is 58.9 Å². The number of nitrogens with zero attached hydrogens (tertiary/aromatic N) is 3. The van der Waals surface area contributed by atoms with Crippen LogP contribution in [0, 0.1) is 32.1 Å². The number of pyridine rings is 1. The number of amides is 4. The summed E-state index contributed by atoms with van der Waals surface area (Å²) in [7, 11) is 1.56. The maximum absolute atomic E-state index is 13.2. The Bertz CT molecular complexity index is 2530. The predicted molar refractivity (Wildman–Crippen MR) is 236 cm³/mol. The minimum atomic E-state index is -4.62. The van der Waals surface area contributed by atoms with E-state index in [1.165, 1.54) is 17.1 Å². The van der Waals surface area contributed by atoms with Crippen LogP contribution in [-0.2, 0) is 12.4 Å². The van der Waals surface area contributed by atoms with Crippen molar-refractivity contribution in [2.75, 3.05) is 19.0 Å². The molecule has 1 heterocycles. The molecule has 0 saturated heterocycles. The summed E-state index contributed by atoms with van der Waals surface area (Å²) in [5.41, 5.74) is 3.25. The van der Waals surface area contributed by atoms with E-state index in [2.05, 4.69) is 15.7 Å². The summed E-state index contributed by atoms with van der Waals surface area (Å²) in [6, 6.07) is 24.4. The molecule has 0 aliphatic heterocycles. The van der Waals surface area contributed by atoms with E-state index in [0.717, 1.165) is 41.2 Å².